The molecule has 1 aromatic heterocycles. The number of carbonyl (C=O) groups is 1. The second-order valence-electron chi connectivity index (χ2n) is 3.65. The highest BCUT2D eigenvalue weighted by atomic mass is 35.5. The Kier molecular flexibility index (Phi) is 3.10. The number of hydrogen-bond donors (Lipinski definition) is 0. The van der Waals surface area contributed by atoms with Gasteiger partial charge in [-0.3, -0.25) is 0 Å². The quantitative estimate of drug-likeness (QED) is 0.630. The number of halogens is 1. The first-order valence-corrected chi connectivity index (χ1v) is 6.50. The maximum atomic E-state index is 11.7. The minimum atomic E-state index is -0.525. The Morgan fingerprint density at radius 1 is 1.32 bits per heavy atom. The minimum Gasteiger partial charge on any atom is -0.402 e. The number of carbonyl (C=O) groups excluding carboxylic acids is 1. The van der Waals surface area contributed by atoms with Gasteiger partial charge in [-0.25, -0.2) is 9.79 Å². The lowest BCUT2D eigenvalue weighted by Crippen LogP contribution is -2.05. The van der Waals surface area contributed by atoms with Gasteiger partial charge in [0.25, 0.3) is 0 Å². The number of aliphatic imine (C=N–C) groups is 1. The number of nitrogens with zero attached hydrogens (tertiary/aromatic N) is 3. The Hall–Kier alpha value is -2.05. The van der Waals surface area contributed by atoms with Crippen LogP contribution in [0.4, 0.5) is 0 Å². The van der Waals surface area contributed by atoms with Crippen molar-refractivity contribution in [3.8, 4) is 0 Å². The van der Waals surface area contributed by atoms with Gasteiger partial charge in [-0.1, -0.05) is 28.2 Å². The summed E-state index contributed by atoms with van der Waals surface area (Å²) in [6.07, 6.45) is 1.52. The second kappa shape index (κ2) is 4.91. The summed E-state index contributed by atoms with van der Waals surface area (Å²) in [5, 5.41) is 6.01. The largest absolute Gasteiger partial charge is 0.402 e. The Bertz CT molecular complexity index is 695. The van der Waals surface area contributed by atoms with Crippen LogP contribution in [0, 0.1) is 0 Å². The van der Waals surface area contributed by atoms with Crippen LogP contribution in [0.5, 0.6) is 0 Å². The number of ether oxygens (including phenoxy) is 1. The predicted octanol–water partition coefficient (Wildman–Crippen LogP) is 2.54. The molecule has 0 atom stereocenters. The first-order valence-electron chi connectivity index (χ1n) is 5.28. The highest BCUT2D eigenvalue weighted by Gasteiger charge is 2.25. The molecule has 0 radical (unpaired) electrons. The zero-order valence-electron chi connectivity index (χ0n) is 9.41. The van der Waals surface area contributed by atoms with E-state index in [1.54, 1.807) is 29.6 Å². The fraction of sp³-hybridized carbons (Fsp3) is 0. The van der Waals surface area contributed by atoms with Crippen LogP contribution in [0.1, 0.15) is 11.3 Å². The third-order valence-corrected chi connectivity index (χ3v) is 3.24. The lowest BCUT2D eigenvalue weighted by Gasteiger charge is -2.00. The van der Waals surface area contributed by atoms with Gasteiger partial charge in [-0.15, -0.1) is 5.10 Å². The van der Waals surface area contributed by atoms with Crippen LogP contribution in [0.2, 0.25) is 5.02 Å². The smallest absolute Gasteiger partial charge is 0.363 e. The normalized spacial score (nSPS) is 16.6. The molecule has 5 nitrogen and oxygen atoms in total. The van der Waals surface area contributed by atoms with Gasteiger partial charge in [0.2, 0.25) is 5.90 Å². The molecule has 0 spiro atoms. The third-order valence-electron chi connectivity index (χ3n) is 2.39. The van der Waals surface area contributed by atoms with Crippen molar-refractivity contribution in [2.45, 2.75) is 0 Å². The Morgan fingerprint density at radius 2 is 2.16 bits per heavy atom. The van der Waals surface area contributed by atoms with Crippen LogP contribution >= 0.6 is 23.1 Å². The summed E-state index contributed by atoms with van der Waals surface area (Å²) < 4.78 is 8.81. The highest BCUT2D eigenvalue weighted by molar-refractivity contribution is 7.03. The first kappa shape index (κ1) is 12.0. The topological polar surface area (TPSA) is 64.4 Å². The molecule has 0 amide bonds. The number of benzene rings is 1. The standard InChI is InChI=1S/C12H6ClN3O2S/c13-9-4-2-1-3-8(9)11-14-10(12(17)18-11)5-7-6-19-16-15-7/h1-6H/b10-5+. The van der Waals surface area contributed by atoms with Gasteiger partial charge in [0.15, 0.2) is 5.70 Å². The molecule has 1 aromatic carbocycles. The third kappa shape index (κ3) is 2.40. The van der Waals surface area contributed by atoms with Crippen molar-refractivity contribution in [1.82, 2.24) is 9.59 Å². The molecule has 0 fully saturated rings. The van der Waals surface area contributed by atoms with E-state index in [1.165, 1.54) is 17.6 Å². The van der Waals surface area contributed by atoms with E-state index in [4.69, 9.17) is 16.3 Å². The van der Waals surface area contributed by atoms with Gasteiger partial charge < -0.3 is 4.74 Å². The molecular weight excluding hydrogens is 286 g/mol. The van der Waals surface area contributed by atoms with Crippen molar-refractivity contribution in [3.63, 3.8) is 0 Å². The molecule has 7 heteroatoms. The molecule has 94 valence electrons. The van der Waals surface area contributed by atoms with Crippen LogP contribution in [-0.4, -0.2) is 21.5 Å². The molecule has 0 saturated heterocycles. The summed E-state index contributed by atoms with van der Waals surface area (Å²) in [5.74, 6) is -0.326. The molecule has 0 N–H and O–H groups in total. The predicted molar refractivity (Wildman–Crippen MR) is 72.0 cm³/mol. The van der Waals surface area contributed by atoms with E-state index >= 15 is 0 Å². The van der Waals surface area contributed by atoms with Gasteiger partial charge in [0, 0.05) is 5.38 Å². The van der Waals surface area contributed by atoms with Crippen LogP contribution in [0.3, 0.4) is 0 Å². The number of aromatic nitrogens is 2. The van der Waals surface area contributed by atoms with Gasteiger partial charge >= 0.3 is 5.97 Å². The number of rotatable bonds is 2. The van der Waals surface area contributed by atoms with Crippen LogP contribution in [0.15, 0.2) is 40.3 Å². The van der Waals surface area contributed by atoms with E-state index < -0.39 is 5.97 Å². The summed E-state index contributed by atoms with van der Waals surface area (Å²) in [5.41, 5.74) is 1.33. The molecule has 2 heterocycles. The van der Waals surface area contributed by atoms with Crippen molar-refractivity contribution in [1.29, 1.82) is 0 Å². The van der Waals surface area contributed by atoms with Crippen molar-refractivity contribution in [3.05, 3.63) is 51.6 Å². The maximum absolute atomic E-state index is 11.7. The van der Waals surface area contributed by atoms with Crippen molar-refractivity contribution >= 4 is 41.1 Å². The van der Waals surface area contributed by atoms with E-state index in [-0.39, 0.29) is 11.6 Å². The average molecular weight is 292 g/mol. The first-order chi connectivity index (χ1) is 9.24. The molecular formula is C12H6ClN3O2S. The van der Waals surface area contributed by atoms with Crippen molar-refractivity contribution in [2.24, 2.45) is 4.99 Å². The minimum absolute atomic E-state index is 0.183. The molecule has 0 bridgehead atoms. The number of hydrogen-bond acceptors (Lipinski definition) is 6. The second-order valence-corrected chi connectivity index (χ2v) is 4.66. The zero-order valence-corrected chi connectivity index (χ0v) is 11.0. The Morgan fingerprint density at radius 3 is 2.89 bits per heavy atom. The summed E-state index contributed by atoms with van der Waals surface area (Å²) in [6.45, 7) is 0. The lowest BCUT2D eigenvalue weighted by atomic mass is 10.2. The molecule has 19 heavy (non-hydrogen) atoms. The maximum Gasteiger partial charge on any atom is 0.363 e. The summed E-state index contributed by atoms with van der Waals surface area (Å²) in [6, 6.07) is 7.03. The summed E-state index contributed by atoms with van der Waals surface area (Å²) in [7, 11) is 0. The SMILES string of the molecule is O=C1OC(c2ccccc2Cl)=N/C1=C/c1csnn1. The van der Waals surface area contributed by atoms with E-state index in [1.807, 2.05) is 0 Å². The average Bonchev–Trinajstić information content (AvgIpc) is 3.02. The van der Waals surface area contributed by atoms with E-state index in [2.05, 4.69) is 14.6 Å². The van der Waals surface area contributed by atoms with Gasteiger partial charge in [-0.05, 0) is 29.7 Å². The summed E-state index contributed by atoms with van der Waals surface area (Å²) >= 11 is 7.23. The lowest BCUT2D eigenvalue weighted by molar-refractivity contribution is -0.129. The molecule has 0 aliphatic carbocycles. The van der Waals surface area contributed by atoms with Crippen LogP contribution in [0.25, 0.3) is 6.08 Å². The molecule has 1 aliphatic heterocycles. The van der Waals surface area contributed by atoms with Gasteiger partial charge in [0.05, 0.1) is 10.6 Å². The summed E-state index contributed by atoms with van der Waals surface area (Å²) in [4.78, 5) is 15.8. The Labute approximate surface area is 117 Å². The van der Waals surface area contributed by atoms with Gasteiger partial charge in [0.1, 0.15) is 5.69 Å². The number of cyclic esters (lactones) is 1. The van der Waals surface area contributed by atoms with Crippen LogP contribution in [-0.2, 0) is 9.53 Å². The molecule has 2 aromatic rings. The number of esters is 1. The van der Waals surface area contributed by atoms with Crippen LogP contribution < -0.4 is 0 Å². The Balaban J connectivity index is 1.98. The molecule has 0 saturated carbocycles. The van der Waals surface area contributed by atoms with Crippen molar-refractivity contribution in [2.75, 3.05) is 0 Å². The van der Waals surface area contributed by atoms with Gasteiger partial charge in [-0.2, -0.15) is 0 Å². The van der Waals surface area contributed by atoms with E-state index in [9.17, 15) is 4.79 Å². The zero-order chi connectivity index (χ0) is 13.2. The fourth-order valence-corrected chi connectivity index (χ4v) is 2.16. The molecule has 3 rings (SSSR count). The monoisotopic (exact) mass is 291 g/mol. The molecule has 0 unspecified atom stereocenters. The van der Waals surface area contributed by atoms with E-state index in [0.717, 1.165) is 0 Å². The fourth-order valence-electron chi connectivity index (χ4n) is 1.53. The molecule has 1 aliphatic rings. The van der Waals surface area contributed by atoms with E-state index in [0.29, 0.717) is 16.3 Å². The van der Waals surface area contributed by atoms with Crippen molar-refractivity contribution < 1.29 is 9.53 Å². The highest BCUT2D eigenvalue weighted by Crippen LogP contribution is 2.23.